The lowest BCUT2D eigenvalue weighted by atomic mass is 10.0. The maximum atomic E-state index is 16.0. The first-order chi connectivity index (χ1) is 31.5. The zero-order chi connectivity index (χ0) is 46.9. The van der Waals surface area contributed by atoms with Crippen molar-refractivity contribution in [3.05, 3.63) is 154 Å². The molecule has 4 aromatic carbocycles. The van der Waals surface area contributed by atoms with Crippen molar-refractivity contribution in [3.8, 4) is 56.0 Å². The van der Waals surface area contributed by atoms with E-state index in [2.05, 4.69) is 19.9 Å². The van der Waals surface area contributed by atoms with E-state index >= 15 is 35.1 Å². The van der Waals surface area contributed by atoms with Gasteiger partial charge in [0, 0.05) is 58.2 Å². The van der Waals surface area contributed by atoms with Crippen molar-refractivity contribution in [1.29, 1.82) is 0 Å². The predicted octanol–water partition coefficient (Wildman–Crippen LogP) is 12.6. The molecule has 8 nitrogen and oxygen atoms in total. The number of fused-ring (bicyclic) bond motifs is 8. The van der Waals surface area contributed by atoms with Crippen LogP contribution in [0.4, 0.5) is 43.9 Å². The number of nitrogens with one attached hydrogen (secondary N) is 2. The molecule has 2 N–H and O–H groups in total. The van der Waals surface area contributed by atoms with Crippen molar-refractivity contribution in [1.82, 2.24) is 19.9 Å². The highest BCUT2D eigenvalue weighted by atomic mass is 19.2. The van der Waals surface area contributed by atoms with Crippen LogP contribution in [-0.2, 0) is 9.59 Å². The van der Waals surface area contributed by atoms with E-state index in [1.54, 1.807) is 0 Å². The van der Waals surface area contributed by atoms with Crippen LogP contribution < -0.4 is 9.47 Å². The average molecular weight is 911 g/mol. The number of halogens is 10. The van der Waals surface area contributed by atoms with Crippen LogP contribution in [0, 0.1) is 58.2 Å². The molecule has 3 aromatic heterocycles. The van der Waals surface area contributed by atoms with Gasteiger partial charge in [-0.2, -0.15) is 0 Å². The number of aromatic nitrogens is 4. The molecule has 7 aromatic rings. The number of aromatic amines is 2. The fraction of sp³-hybridized carbons (Fsp3) is 0.0417. The SMILES string of the molecule is CC(=O)Oc1cccc(-c2c3nc(c(-c4c(F)c(F)c(F)c(F)c4F)c4ccc([nH]4)c(-c4cccc(OC(C)=O)c4)c4nc(c(-c5c(F)c(F)c(F)c(F)c5F)c5ccc2[nH]5)C=C4)C=C3)c1. The Morgan fingerprint density at radius 3 is 1.00 bits per heavy atom. The number of rotatable bonds is 6. The van der Waals surface area contributed by atoms with E-state index in [4.69, 9.17) is 9.47 Å². The molecule has 0 saturated carbocycles. The van der Waals surface area contributed by atoms with Crippen LogP contribution in [0.1, 0.15) is 36.6 Å². The number of nitrogens with zero attached hydrogens (tertiary/aromatic N) is 2. The Labute approximate surface area is 364 Å². The summed E-state index contributed by atoms with van der Waals surface area (Å²) in [5.74, 6) is -24.0. The van der Waals surface area contributed by atoms with Gasteiger partial charge in [0.25, 0.3) is 0 Å². The summed E-state index contributed by atoms with van der Waals surface area (Å²) in [5.41, 5.74) is -4.75. The second kappa shape index (κ2) is 16.4. The summed E-state index contributed by atoms with van der Waals surface area (Å²) < 4.78 is 164. The van der Waals surface area contributed by atoms with E-state index in [1.165, 1.54) is 97.1 Å². The van der Waals surface area contributed by atoms with Gasteiger partial charge in [-0.3, -0.25) is 9.59 Å². The number of ether oxygens (including phenoxy) is 2. The Morgan fingerprint density at radius 1 is 0.394 bits per heavy atom. The highest BCUT2D eigenvalue weighted by Crippen LogP contribution is 2.42. The molecule has 9 rings (SSSR count). The molecule has 0 unspecified atom stereocenters. The van der Waals surface area contributed by atoms with Gasteiger partial charge in [-0.15, -0.1) is 0 Å². The Hall–Kier alpha value is -8.28. The van der Waals surface area contributed by atoms with Crippen LogP contribution in [0.15, 0.2) is 72.8 Å². The maximum Gasteiger partial charge on any atom is 0.308 e. The van der Waals surface area contributed by atoms with Crippen molar-refractivity contribution in [2.24, 2.45) is 0 Å². The molecule has 0 radical (unpaired) electrons. The van der Waals surface area contributed by atoms with Crippen molar-refractivity contribution < 1.29 is 63.0 Å². The van der Waals surface area contributed by atoms with Crippen molar-refractivity contribution >= 4 is 58.3 Å². The molecule has 0 saturated heterocycles. The first kappa shape index (κ1) is 43.0. The molecule has 330 valence electrons. The van der Waals surface area contributed by atoms with E-state index in [-0.39, 0.29) is 78.6 Å². The van der Waals surface area contributed by atoms with E-state index in [1.807, 2.05) is 0 Å². The topological polar surface area (TPSA) is 110 Å². The highest BCUT2D eigenvalue weighted by Gasteiger charge is 2.32. The molecule has 8 bridgehead atoms. The normalized spacial score (nSPS) is 11.9. The fourth-order valence-corrected chi connectivity index (χ4v) is 7.75. The smallest absolute Gasteiger partial charge is 0.308 e. The van der Waals surface area contributed by atoms with E-state index in [9.17, 15) is 18.4 Å². The number of benzene rings is 4. The minimum atomic E-state index is -2.42. The summed E-state index contributed by atoms with van der Waals surface area (Å²) >= 11 is 0. The van der Waals surface area contributed by atoms with Gasteiger partial charge in [-0.1, -0.05) is 24.3 Å². The summed E-state index contributed by atoms with van der Waals surface area (Å²) in [6, 6.07) is 16.7. The third-order valence-electron chi connectivity index (χ3n) is 10.4. The molecule has 66 heavy (non-hydrogen) atoms. The molecule has 0 fully saturated rings. The zero-order valence-corrected chi connectivity index (χ0v) is 33.5. The van der Waals surface area contributed by atoms with Gasteiger partial charge in [-0.25, -0.2) is 53.9 Å². The molecule has 18 heteroatoms. The highest BCUT2D eigenvalue weighted by molar-refractivity contribution is 6.00. The quantitative estimate of drug-likeness (QED) is 0.0565. The van der Waals surface area contributed by atoms with Crippen LogP contribution in [0.2, 0.25) is 0 Å². The van der Waals surface area contributed by atoms with Gasteiger partial charge in [0.15, 0.2) is 46.5 Å². The number of hydrogen-bond donors (Lipinski definition) is 2. The van der Waals surface area contributed by atoms with Crippen LogP contribution in [0.3, 0.4) is 0 Å². The third-order valence-corrected chi connectivity index (χ3v) is 10.4. The molecule has 5 heterocycles. The largest absolute Gasteiger partial charge is 0.427 e. The lowest BCUT2D eigenvalue weighted by molar-refractivity contribution is -0.132. The summed E-state index contributed by atoms with van der Waals surface area (Å²) in [6.07, 6.45) is 5.06. The number of hydrogen-bond acceptors (Lipinski definition) is 6. The molecule has 0 aliphatic carbocycles. The zero-order valence-electron chi connectivity index (χ0n) is 33.5. The lowest BCUT2D eigenvalue weighted by Crippen LogP contribution is -2.05. The van der Waals surface area contributed by atoms with Gasteiger partial charge in [0.05, 0.1) is 33.9 Å². The lowest BCUT2D eigenvalue weighted by Gasteiger charge is -2.11. The summed E-state index contributed by atoms with van der Waals surface area (Å²) in [5, 5.41) is 0. The molecule has 2 aliphatic rings. The molecular formula is C48H24F10N4O4. The fourth-order valence-electron chi connectivity index (χ4n) is 7.75. The second-order valence-corrected chi connectivity index (χ2v) is 14.6. The van der Waals surface area contributed by atoms with Gasteiger partial charge in [-0.05, 0) is 84.0 Å². The Bertz CT molecular complexity index is 3240. The minimum Gasteiger partial charge on any atom is -0.427 e. The first-order valence-corrected chi connectivity index (χ1v) is 19.3. The van der Waals surface area contributed by atoms with Crippen molar-refractivity contribution in [2.75, 3.05) is 0 Å². The summed E-state index contributed by atoms with van der Waals surface area (Å²) in [6.45, 7) is 2.27. The number of carbonyl (C=O) groups is 2. The molecule has 0 spiro atoms. The van der Waals surface area contributed by atoms with E-state index in [0.717, 1.165) is 13.8 Å². The Kier molecular flexibility index (Phi) is 10.7. The number of esters is 2. The molecule has 2 aliphatic heterocycles. The van der Waals surface area contributed by atoms with Crippen LogP contribution in [0.25, 0.3) is 90.9 Å². The van der Waals surface area contributed by atoms with Crippen LogP contribution in [0.5, 0.6) is 11.5 Å². The maximum absolute atomic E-state index is 16.0. The standard InChI is InChI=1S/C48H24F10N4O4/c1-19(63)65-23-7-3-5-21(17-23)33-25-9-13-29(59-25)35(37-39(49)43(53)47(57)44(54)40(37)50)31-15-11-27(61-31)34(22-6-4-8-24(18-22)66-20(2)64)28-12-16-32(62-28)36(30-14-10-26(33)60-30)38-41(51)45(55)48(58)46(56)42(38)52/h3-18,59,62H,1-2H3. The van der Waals surface area contributed by atoms with Gasteiger partial charge >= 0.3 is 11.9 Å². The molecule has 0 atom stereocenters. The number of H-pyrrole nitrogens is 2. The number of carbonyl (C=O) groups excluding carboxylic acids is 2. The average Bonchev–Trinajstić information content (AvgIpc) is 4.14. The van der Waals surface area contributed by atoms with E-state index < -0.39 is 92.4 Å². The molecular weight excluding hydrogens is 887 g/mol. The predicted molar refractivity (Wildman–Crippen MR) is 223 cm³/mol. The van der Waals surface area contributed by atoms with Crippen LogP contribution >= 0.6 is 0 Å². The first-order valence-electron chi connectivity index (χ1n) is 19.3. The summed E-state index contributed by atoms with van der Waals surface area (Å²) in [7, 11) is 0. The van der Waals surface area contributed by atoms with Crippen LogP contribution in [-0.4, -0.2) is 31.9 Å². The van der Waals surface area contributed by atoms with Gasteiger partial charge in [0.1, 0.15) is 11.5 Å². The van der Waals surface area contributed by atoms with Gasteiger partial charge < -0.3 is 19.4 Å². The monoisotopic (exact) mass is 910 g/mol. The second-order valence-electron chi connectivity index (χ2n) is 14.6. The Morgan fingerprint density at radius 2 is 0.682 bits per heavy atom. The molecule has 0 amide bonds. The minimum absolute atomic E-state index is 0.0124. The van der Waals surface area contributed by atoms with Crippen molar-refractivity contribution in [3.63, 3.8) is 0 Å². The third kappa shape index (κ3) is 7.25. The van der Waals surface area contributed by atoms with Gasteiger partial charge in [0.2, 0.25) is 11.6 Å². The van der Waals surface area contributed by atoms with Crippen molar-refractivity contribution in [2.45, 2.75) is 13.8 Å². The summed E-state index contributed by atoms with van der Waals surface area (Å²) in [4.78, 5) is 39.0. The Balaban J connectivity index is 1.52. The van der Waals surface area contributed by atoms with E-state index in [0.29, 0.717) is 0 Å².